The molecule has 1 amide bonds. The van der Waals surface area contributed by atoms with E-state index in [4.69, 9.17) is 25.9 Å². The third-order valence-corrected chi connectivity index (χ3v) is 3.31. The first-order chi connectivity index (χ1) is 11.2. The van der Waals surface area contributed by atoms with Crippen molar-refractivity contribution in [1.29, 1.82) is 0 Å². The molecule has 0 aromatic heterocycles. The van der Waals surface area contributed by atoms with Crippen molar-refractivity contribution in [3.8, 4) is 11.5 Å². The van der Waals surface area contributed by atoms with Crippen LogP contribution in [-0.4, -0.2) is 19.6 Å². The summed E-state index contributed by atoms with van der Waals surface area (Å²) in [6.45, 7) is 2.56. The fraction of sp³-hybridized carbons (Fsp3) is 0.235. The highest BCUT2D eigenvalue weighted by Gasteiger charge is 2.15. The molecule has 2 aromatic rings. The first-order valence-electron chi connectivity index (χ1n) is 7.12. The maximum absolute atomic E-state index is 12.1. The maximum atomic E-state index is 12.1. The Morgan fingerprint density at radius 2 is 1.96 bits per heavy atom. The molecule has 122 valence electrons. The lowest BCUT2D eigenvalue weighted by molar-refractivity contribution is 0.0233. The number of hydroxylamine groups is 1. The minimum Gasteiger partial charge on any atom is -0.493 e. The minimum atomic E-state index is -0.413. The molecular weight excluding hydrogens is 318 g/mol. The number of rotatable bonds is 7. The van der Waals surface area contributed by atoms with E-state index in [0.717, 1.165) is 5.56 Å². The van der Waals surface area contributed by atoms with Crippen LogP contribution < -0.4 is 15.0 Å². The Kier molecular flexibility index (Phi) is 6.26. The molecule has 0 heterocycles. The Morgan fingerprint density at radius 3 is 2.61 bits per heavy atom. The minimum absolute atomic E-state index is 0.272. The second-order valence-corrected chi connectivity index (χ2v) is 5.04. The predicted octanol–water partition coefficient (Wildman–Crippen LogP) is 3.61. The molecule has 2 aromatic carbocycles. The van der Waals surface area contributed by atoms with Crippen molar-refractivity contribution in [3.63, 3.8) is 0 Å². The summed E-state index contributed by atoms with van der Waals surface area (Å²) >= 11 is 6.14. The zero-order valence-electron chi connectivity index (χ0n) is 13.0. The van der Waals surface area contributed by atoms with Crippen LogP contribution in [0, 0.1) is 0 Å². The normalized spacial score (nSPS) is 10.2. The topological polar surface area (TPSA) is 56.8 Å². The molecule has 2 rings (SSSR count). The van der Waals surface area contributed by atoms with Crippen molar-refractivity contribution in [2.75, 3.05) is 13.7 Å². The second-order valence-electron chi connectivity index (χ2n) is 4.63. The van der Waals surface area contributed by atoms with E-state index < -0.39 is 5.91 Å². The summed E-state index contributed by atoms with van der Waals surface area (Å²) < 4.78 is 10.6. The van der Waals surface area contributed by atoms with Crippen molar-refractivity contribution in [1.82, 2.24) is 5.48 Å². The number of ether oxygens (including phenoxy) is 2. The van der Waals surface area contributed by atoms with E-state index in [0.29, 0.717) is 28.7 Å². The van der Waals surface area contributed by atoms with Crippen molar-refractivity contribution in [2.24, 2.45) is 0 Å². The summed E-state index contributed by atoms with van der Waals surface area (Å²) in [4.78, 5) is 17.3. The van der Waals surface area contributed by atoms with Gasteiger partial charge in [0.1, 0.15) is 0 Å². The van der Waals surface area contributed by atoms with Crippen LogP contribution in [0.3, 0.4) is 0 Å². The number of hydrogen-bond acceptors (Lipinski definition) is 4. The third-order valence-electron chi connectivity index (χ3n) is 3.03. The molecule has 6 heteroatoms. The Bertz CT molecular complexity index is 661. The number of hydrogen-bond donors (Lipinski definition) is 1. The summed E-state index contributed by atoms with van der Waals surface area (Å²) in [5.74, 6) is 0.398. The maximum Gasteiger partial charge on any atom is 0.275 e. The summed E-state index contributed by atoms with van der Waals surface area (Å²) in [5.41, 5.74) is 3.66. The van der Waals surface area contributed by atoms with Crippen LogP contribution in [0.4, 0.5) is 0 Å². The van der Waals surface area contributed by atoms with Gasteiger partial charge in [-0.3, -0.25) is 9.63 Å². The quantitative estimate of drug-likeness (QED) is 0.785. The zero-order chi connectivity index (χ0) is 16.7. The second kappa shape index (κ2) is 8.41. The molecule has 0 fully saturated rings. The van der Waals surface area contributed by atoms with Crippen LogP contribution in [0.1, 0.15) is 22.8 Å². The van der Waals surface area contributed by atoms with Crippen LogP contribution in [-0.2, 0) is 11.4 Å². The van der Waals surface area contributed by atoms with Gasteiger partial charge in [-0.1, -0.05) is 41.9 Å². The highest BCUT2D eigenvalue weighted by Crippen LogP contribution is 2.36. The lowest BCUT2D eigenvalue weighted by Gasteiger charge is -2.13. The highest BCUT2D eigenvalue weighted by molar-refractivity contribution is 6.32. The van der Waals surface area contributed by atoms with Crippen LogP contribution in [0.2, 0.25) is 5.02 Å². The molecular formula is C17H18ClNO4. The van der Waals surface area contributed by atoms with Gasteiger partial charge in [0.2, 0.25) is 0 Å². The monoisotopic (exact) mass is 335 g/mol. The number of amides is 1. The first-order valence-corrected chi connectivity index (χ1v) is 7.50. The van der Waals surface area contributed by atoms with Gasteiger partial charge in [-0.05, 0) is 24.6 Å². The van der Waals surface area contributed by atoms with E-state index in [1.165, 1.54) is 13.2 Å². The first kappa shape index (κ1) is 17.1. The van der Waals surface area contributed by atoms with E-state index in [1.807, 2.05) is 37.3 Å². The van der Waals surface area contributed by atoms with Gasteiger partial charge in [-0.25, -0.2) is 5.48 Å². The molecule has 0 saturated carbocycles. The molecule has 23 heavy (non-hydrogen) atoms. The summed E-state index contributed by atoms with van der Waals surface area (Å²) in [5, 5.41) is 0.305. The standard InChI is InChI=1S/C17H18ClNO4/c1-3-22-16-14(18)9-13(10-15(16)21-2)17(20)19-23-11-12-7-5-4-6-8-12/h4-10H,3,11H2,1-2H3,(H,19,20). The molecule has 0 aliphatic heterocycles. The van der Waals surface area contributed by atoms with Gasteiger partial charge in [0, 0.05) is 5.56 Å². The van der Waals surface area contributed by atoms with E-state index in [-0.39, 0.29) is 6.61 Å². The largest absolute Gasteiger partial charge is 0.493 e. The highest BCUT2D eigenvalue weighted by atomic mass is 35.5. The van der Waals surface area contributed by atoms with Crippen LogP contribution in [0.25, 0.3) is 0 Å². The van der Waals surface area contributed by atoms with Crippen LogP contribution in [0.15, 0.2) is 42.5 Å². The smallest absolute Gasteiger partial charge is 0.275 e. The van der Waals surface area contributed by atoms with E-state index in [9.17, 15) is 4.79 Å². The SMILES string of the molecule is CCOc1c(Cl)cc(C(=O)NOCc2ccccc2)cc1OC. The number of carbonyl (C=O) groups excluding carboxylic acids is 1. The number of nitrogens with one attached hydrogen (secondary N) is 1. The molecule has 0 saturated heterocycles. The summed E-state index contributed by atoms with van der Waals surface area (Å²) in [6, 6.07) is 12.6. The Balaban J connectivity index is 2.03. The van der Waals surface area contributed by atoms with Gasteiger partial charge >= 0.3 is 0 Å². The number of halogens is 1. The van der Waals surface area contributed by atoms with Gasteiger partial charge < -0.3 is 9.47 Å². The average molecular weight is 336 g/mol. The Morgan fingerprint density at radius 1 is 1.22 bits per heavy atom. The average Bonchev–Trinajstić information content (AvgIpc) is 2.57. The number of carbonyl (C=O) groups is 1. The van der Waals surface area contributed by atoms with Crippen molar-refractivity contribution in [3.05, 3.63) is 58.6 Å². The van der Waals surface area contributed by atoms with E-state index in [1.54, 1.807) is 6.07 Å². The lowest BCUT2D eigenvalue weighted by atomic mass is 10.2. The molecule has 5 nitrogen and oxygen atoms in total. The van der Waals surface area contributed by atoms with Gasteiger partial charge in [0.25, 0.3) is 5.91 Å². The zero-order valence-corrected chi connectivity index (χ0v) is 13.7. The summed E-state index contributed by atoms with van der Waals surface area (Å²) in [6.07, 6.45) is 0. The van der Waals surface area contributed by atoms with Gasteiger partial charge in [-0.15, -0.1) is 0 Å². The molecule has 0 aliphatic rings. The molecule has 0 aliphatic carbocycles. The molecule has 0 unspecified atom stereocenters. The van der Waals surface area contributed by atoms with Crippen molar-refractivity contribution < 1.29 is 19.1 Å². The molecule has 0 spiro atoms. The van der Waals surface area contributed by atoms with Gasteiger partial charge in [0.05, 0.1) is 25.3 Å². The molecule has 0 atom stereocenters. The van der Waals surface area contributed by atoms with Crippen molar-refractivity contribution >= 4 is 17.5 Å². The predicted molar refractivity (Wildman–Crippen MR) is 87.9 cm³/mol. The van der Waals surface area contributed by atoms with E-state index in [2.05, 4.69) is 5.48 Å². The van der Waals surface area contributed by atoms with Crippen LogP contribution in [0.5, 0.6) is 11.5 Å². The Hall–Kier alpha value is -2.24. The number of methoxy groups -OCH3 is 1. The fourth-order valence-electron chi connectivity index (χ4n) is 1.95. The Labute approximate surface area is 140 Å². The van der Waals surface area contributed by atoms with Crippen molar-refractivity contribution in [2.45, 2.75) is 13.5 Å². The van der Waals surface area contributed by atoms with Crippen LogP contribution >= 0.6 is 11.6 Å². The molecule has 0 radical (unpaired) electrons. The van der Waals surface area contributed by atoms with Gasteiger partial charge in [-0.2, -0.15) is 0 Å². The van der Waals surface area contributed by atoms with E-state index >= 15 is 0 Å². The van der Waals surface area contributed by atoms with Gasteiger partial charge in [0.15, 0.2) is 11.5 Å². The fourth-order valence-corrected chi connectivity index (χ4v) is 2.22. The summed E-state index contributed by atoms with van der Waals surface area (Å²) in [7, 11) is 1.49. The number of benzene rings is 2. The lowest BCUT2D eigenvalue weighted by Crippen LogP contribution is -2.23. The third kappa shape index (κ3) is 4.61. The molecule has 1 N–H and O–H groups in total. The molecule has 0 bridgehead atoms.